The minimum atomic E-state index is -0.839. The SMILES string of the molecule is CCOc1ccc(N2C(=O)NC(=O)/C(=C\c3ccc(OCc4ccc(F)cc4)c(OC)c3)C2=O)cc1. The maximum Gasteiger partial charge on any atom is 0.335 e. The minimum absolute atomic E-state index is 0.192. The number of anilines is 1. The summed E-state index contributed by atoms with van der Waals surface area (Å²) in [5.74, 6) is -0.514. The van der Waals surface area contributed by atoms with Crippen LogP contribution in [0.15, 0.2) is 72.3 Å². The number of halogens is 1. The smallest absolute Gasteiger partial charge is 0.335 e. The summed E-state index contributed by atoms with van der Waals surface area (Å²) in [6, 6.07) is 16.4. The molecule has 0 aliphatic carbocycles. The number of ether oxygens (including phenoxy) is 3. The van der Waals surface area contributed by atoms with Gasteiger partial charge in [0.25, 0.3) is 11.8 Å². The molecule has 0 radical (unpaired) electrons. The van der Waals surface area contributed by atoms with Gasteiger partial charge in [0.1, 0.15) is 23.7 Å². The maximum absolute atomic E-state index is 13.1. The van der Waals surface area contributed by atoms with Crippen molar-refractivity contribution in [3.8, 4) is 17.2 Å². The summed E-state index contributed by atoms with van der Waals surface area (Å²) in [7, 11) is 1.46. The van der Waals surface area contributed by atoms with Crippen LogP contribution < -0.4 is 24.4 Å². The maximum atomic E-state index is 13.1. The Kier molecular flexibility index (Phi) is 7.29. The lowest BCUT2D eigenvalue weighted by molar-refractivity contribution is -0.122. The fourth-order valence-corrected chi connectivity index (χ4v) is 3.55. The van der Waals surface area contributed by atoms with E-state index in [4.69, 9.17) is 14.2 Å². The molecule has 3 aromatic carbocycles. The number of urea groups is 1. The number of benzene rings is 3. The van der Waals surface area contributed by atoms with Crippen molar-refractivity contribution in [1.82, 2.24) is 5.32 Å². The minimum Gasteiger partial charge on any atom is -0.494 e. The van der Waals surface area contributed by atoms with Crippen molar-refractivity contribution in [1.29, 1.82) is 0 Å². The van der Waals surface area contributed by atoms with Gasteiger partial charge in [-0.2, -0.15) is 0 Å². The first-order chi connectivity index (χ1) is 17.4. The van der Waals surface area contributed by atoms with Gasteiger partial charge in [0.15, 0.2) is 11.5 Å². The van der Waals surface area contributed by atoms with E-state index in [1.165, 1.54) is 25.3 Å². The average molecular weight is 490 g/mol. The summed E-state index contributed by atoms with van der Waals surface area (Å²) >= 11 is 0. The Morgan fingerprint density at radius 1 is 0.917 bits per heavy atom. The molecule has 0 atom stereocenters. The molecule has 36 heavy (non-hydrogen) atoms. The number of barbiturate groups is 1. The molecule has 184 valence electrons. The van der Waals surface area contributed by atoms with Gasteiger partial charge in [-0.1, -0.05) is 18.2 Å². The predicted octanol–water partition coefficient (Wildman–Crippen LogP) is 4.48. The first kappa shape index (κ1) is 24.5. The number of hydrogen-bond acceptors (Lipinski definition) is 6. The molecule has 4 amide bonds. The van der Waals surface area contributed by atoms with Crippen molar-refractivity contribution < 1.29 is 33.0 Å². The van der Waals surface area contributed by atoms with Crippen LogP contribution in [-0.2, 0) is 16.2 Å². The van der Waals surface area contributed by atoms with Crippen LogP contribution in [0.2, 0.25) is 0 Å². The van der Waals surface area contributed by atoms with Crippen molar-refractivity contribution in [2.24, 2.45) is 0 Å². The van der Waals surface area contributed by atoms with E-state index in [9.17, 15) is 18.8 Å². The zero-order chi connectivity index (χ0) is 25.7. The lowest BCUT2D eigenvalue weighted by atomic mass is 10.1. The molecular weight excluding hydrogens is 467 g/mol. The molecule has 4 rings (SSSR count). The molecule has 0 unspecified atom stereocenters. The average Bonchev–Trinajstić information content (AvgIpc) is 2.87. The van der Waals surface area contributed by atoms with Crippen LogP contribution in [0.1, 0.15) is 18.1 Å². The molecule has 1 saturated heterocycles. The number of methoxy groups -OCH3 is 1. The molecule has 0 spiro atoms. The van der Waals surface area contributed by atoms with Gasteiger partial charge in [-0.25, -0.2) is 14.1 Å². The summed E-state index contributed by atoms with van der Waals surface area (Å²) in [6.45, 7) is 2.51. The van der Waals surface area contributed by atoms with Gasteiger partial charge in [0.2, 0.25) is 0 Å². The Morgan fingerprint density at radius 2 is 1.64 bits per heavy atom. The second-order valence-electron chi connectivity index (χ2n) is 7.71. The van der Waals surface area contributed by atoms with E-state index in [1.807, 2.05) is 6.92 Å². The Bertz CT molecular complexity index is 1320. The predicted molar refractivity (Wildman–Crippen MR) is 130 cm³/mol. The van der Waals surface area contributed by atoms with Crippen LogP contribution in [0.5, 0.6) is 17.2 Å². The van der Waals surface area contributed by atoms with E-state index in [1.54, 1.807) is 54.6 Å². The molecule has 1 aliphatic heterocycles. The first-order valence-corrected chi connectivity index (χ1v) is 11.1. The molecule has 9 heteroatoms. The standard InChI is InChI=1S/C27H23FN2O6/c1-3-35-21-11-9-20(10-12-21)30-26(32)22(25(31)29-27(30)33)14-18-6-13-23(24(15-18)34-2)36-16-17-4-7-19(28)8-5-17/h4-15H,3,16H2,1-2H3,(H,29,31,33)/b22-14+. The molecule has 1 fully saturated rings. The molecule has 0 bridgehead atoms. The van der Waals surface area contributed by atoms with Crippen LogP contribution in [-0.4, -0.2) is 31.6 Å². The topological polar surface area (TPSA) is 94.2 Å². The number of carbonyl (C=O) groups is 3. The molecule has 3 aromatic rings. The molecule has 8 nitrogen and oxygen atoms in total. The van der Waals surface area contributed by atoms with Crippen molar-refractivity contribution >= 4 is 29.6 Å². The Morgan fingerprint density at radius 3 is 2.31 bits per heavy atom. The normalized spacial score (nSPS) is 14.6. The number of hydrogen-bond donors (Lipinski definition) is 1. The number of carbonyl (C=O) groups excluding carboxylic acids is 3. The summed E-state index contributed by atoms with van der Waals surface area (Å²) in [5, 5.41) is 2.20. The molecule has 0 aromatic heterocycles. The van der Waals surface area contributed by atoms with E-state index in [0.717, 1.165) is 10.5 Å². The zero-order valence-corrected chi connectivity index (χ0v) is 19.6. The number of amides is 4. The van der Waals surface area contributed by atoms with Crippen LogP contribution in [0.25, 0.3) is 6.08 Å². The van der Waals surface area contributed by atoms with Gasteiger partial charge in [0, 0.05) is 0 Å². The Balaban J connectivity index is 1.56. The third-order valence-electron chi connectivity index (χ3n) is 5.31. The van der Waals surface area contributed by atoms with Gasteiger partial charge in [-0.05, 0) is 72.7 Å². The highest BCUT2D eigenvalue weighted by Gasteiger charge is 2.36. The molecule has 0 saturated carbocycles. The molecule has 1 N–H and O–H groups in total. The second kappa shape index (κ2) is 10.7. The number of nitrogens with zero attached hydrogens (tertiary/aromatic N) is 1. The first-order valence-electron chi connectivity index (χ1n) is 11.1. The highest BCUT2D eigenvalue weighted by atomic mass is 19.1. The molecular formula is C27H23FN2O6. The fourth-order valence-electron chi connectivity index (χ4n) is 3.55. The third kappa shape index (κ3) is 5.35. The quantitative estimate of drug-likeness (QED) is 0.370. The third-order valence-corrected chi connectivity index (χ3v) is 5.31. The van der Waals surface area contributed by atoms with E-state index in [0.29, 0.717) is 35.1 Å². The van der Waals surface area contributed by atoms with E-state index < -0.39 is 17.8 Å². The van der Waals surface area contributed by atoms with Crippen molar-refractivity contribution in [3.05, 3.63) is 89.2 Å². The largest absolute Gasteiger partial charge is 0.494 e. The summed E-state index contributed by atoms with van der Waals surface area (Å²) < 4.78 is 29.7. The van der Waals surface area contributed by atoms with Crippen molar-refractivity contribution in [2.45, 2.75) is 13.5 Å². The Hall–Kier alpha value is -4.66. The van der Waals surface area contributed by atoms with Crippen LogP contribution in [0.4, 0.5) is 14.9 Å². The van der Waals surface area contributed by atoms with Gasteiger partial charge in [-0.3, -0.25) is 14.9 Å². The van der Waals surface area contributed by atoms with E-state index >= 15 is 0 Å². The van der Waals surface area contributed by atoms with Gasteiger partial charge >= 0.3 is 6.03 Å². The number of rotatable bonds is 8. The van der Waals surface area contributed by atoms with Crippen LogP contribution >= 0.6 is 0 Å². The number of imide groups is 2. The summed E-state index contributed by atoms with van der Waals surface area (Å²) in [4.78, 5) is 38.9. The van der Waals surface area contributed by atoms with E-state index in [2.05, 4.69) is 5.32 Å². The molecule has 1 aliphatic rings. The van der Waals surface area contributed by atoms with Crippen LogP contribution in [0, 0.1) is 5.82 Å². The summed E-state index contributed by atoms with van der Waals surface area (Å²) in [6.07, 6.45) is 1.37. The Labute approximate surface area is 206 Å². The zero-order valence-electron chi connectivity index (χ0n) is 19.6. The monoisotopic (exact) mass is 490 g/mol. The fraction of sp³-hybridized carbons (Fsp3) is 0.148. The van der Waals surface area contributed by atoms with Gasteiger partial charge in [-0.15, -0.1) is 0 Å². The van der Waals surface area contributed by atoms with Gasteiger partial charge in [0.05, 0.1) is 19.4 Å². The second-order valence-corrected chi connectivity index (χ2v) is 7.71. The highest BCUT2D eigenvalue weighted by Crippen LogP contribution is 2.31. The lowest BCUT2D eigenvalue weighted by Crippen LogP contribution is -2.54. The van der Waals surface area contributed by atoms with Crippen molar-refractivity contribution in [2.75, 3.05) is 18.6 Å². The van der Waals surface area contributed by atoms with Crippen LogP contribution in [0.3, 0.4) is 0 Å². The summed E-state index contributed by atoms with van der Waals surface area (Å²) in [5.41, 5.74) is 1.33. The van der Waals surface area contributed by atoms with E-state index in [-0.39, 0.29) is 18.0 Å². The number of nitrogens with one attached hydrogen (secondary N) is 1. The lowest BCUT2D eigenvalue weighted by Gasteiger charge is -2.26. The molecule has 1 heterocycles. The van der Waals surface area contributed by atoms with Gasteiger partial charge < -0.3 is 14.2 Å². The highest BCUT2D eigenvalue weighted by molar-refractivity contribution is 6.39. The van der Waals surface area contributed by atoms with Crippen molar-refractivity contribution in [3.63, 3.8) is 0 Å².